The molecule has 3 nitrogen and oxygen atoms in total. The maximum atomic E-state index is 13.0. The minimum Gasteiger partial charge on any atom is -0.349 e. The van der Waals surface area contributed by atoms with E-state index in [1.807, 2.05) is 0 Å². The highest BCUT2D eigenvalue weighted by molar-refractivity contribution is 5.96. The van der Waals surface area contributed by atoms with E-state index >= 15 is 0 Å². The number of nitrogens with one attached hydrogen (secondary N) is 1. The summed E-state index contributed by atoms with van der Waals surface area (Å²) in [6, 6.07) is 4.37. The van der Waals surface area contributed by atoms with Gasteiger partial charge in [-0.2, -0.15) is 0 Å². The molecule has 1 aromatic rings. The molecule has 0 heterocycles. The van der Waals surface area contributed by atoms with E-state index in [0.717, 1.165) is 12.8 Å². The number of nitrogens with two attached hydrogens (primary N) is 1. The van der Waals surface area contributed by atoms with Crippen LogP contribution in [0.1, 0.15) is 28.8 Å². The van der Waals surface area contributed by atoms with Crippen molar-refractivity contribution in [1.82, 2.24) is 5.32 Å². The molecule has 1 aromatic carbocycles. The van der Waals surface area contributed by atoms with Crippen LogP contribution in [0.3, 0.4) is 0 Å². The molecule has 0 unspecified atom stereocenters. The Morgan fingerprint density at radius 1 is 1.53 bits per heavy atom. The summed E-state index contributed by atoms with van der Waals surface area (Å²) >= 11 is 0. The van der Waals surface area contributed by atoms with Gasteiger partial charge < -0.3 is 11.1 Å². The Kier molecular flexibility index (Phi) is 2.68. The molecule has 2 rings (SSSR count). The van der Waals surface area contributed by atoms with Crippen molar-refractivity contribution in [3.63, 3.8) is 0 Å². The normalized spacial score (nSPS) is 15.1. The fourth-order valence-corrected chi connectivity index (χ4v) is 1.43. The highest BCUT2D eigenvalue weighted by atomic mass is 19.1. The van der Waals surface area contributed by atoms with Crippen molar-refractivity contribution in [2.24, 2.45) is 5.73 Å². The van der Waals surface area contributed by atoms with Crippen LogP contribution in [0.5, 0.6) is 0 Å². The Balaban J connectivity index is 2.23. The van der Waals surface area contributed by atoms with E-state index in [0.29, 0.717) is 11.1 Å². The number of benzene rings is 1. The zero-order valence-electron chi connectivity index (χ0n) is 8.29. The number of halogens is 1. The van der Waals surface area contributed by atoms with Gasteiger partial charge in [0.25, 0.3) is 5.91 Å². The zero-order chi connectivity index (χ0) is 10.8. The van der Waals surface area contributed by atoms with Gasteiger partial charge in [0.2, 0.25) is 0 Å². The van der Waals surface area contributed by atoms with E-state index in [-0.39, 0.29) is 18.5 Å². The second-order valence-electron chi connectivity index (χ2n) is 3.75. The molecule has 0 aliphatic heterocycles. The highest BCUT2D eigenvalue weighted by Crippen LogP contribution is 2.20. The Labute approximate surface area is 87.5 Å². The lowest BCUT2D eigenvalue weighted by Crippen LogP contribution is -2.27. The van der Waals surface area contributed by atoms with Crippen molar-refractivity contribution in [3.05, 3.63) is 35.1 Å². The third-order valence-electron chi connectivity index (χ3n) is 2.45. The molecule has 3 N–H and O–H groups in total. The largest absolute Gasteiger partial charge is 0.349 e. The van der Waals surface area contributed by atoms with Gasteiger partial charge >= 0.3 is 0 Å². The second kappa shape index (κ2) is 3.98. The topological polar surface area (TPSA) is 55.1 Å². The summed E-state index contributed by atoms with van der Waals surface area (Å²) in [4.78, 5) is 11.7. The number of hydrogen-bond donors (Lipinski definition) is 2. The SMILES string of the molecule is NCc1ccc(F)cc1C(=O)NC1CC1. The number of carbonyl (C=O) groups excluding carboxylic acids is 1. The van der Waals surface area contributed by atoms with Crippen molar-refractivity contribution in [1.29, 1.82) is 0 Å². The summed E-state index contributed by atoms with van der Waals surface area (Å²) in [5, 5.41) is 2.81. The smallest absolute Gasteiger partial charge is 0.251 e. The van der Waals surface area contributed by atoms with Gasteiger partial charge in [-0.05, 0) is 30.5 Å². The van der Waals surface area contributed by atoms with E-state index in [9.17, 15) is 9.18 Å². The maximum absolute atomic E-state index is 13.0. The summed E-state index contributed by atoms with van der Waals surface area (Å²) in [5.41, 5.74) is 6.51. The van der Waals surface area contributed by atoms with Crippen LogP contribution in [0, 0.1) is 5.82 Å². The molecule has 0 radical (unpaired) electrons. The van der Waals surface area contributed by atoms with E-state index in [1.165, 1.54) is 12.1 Å². The predicted molar refractivity (Wildman–Crippen MR) is 54.8 cm³/mol. The van der Waals surface area contributed by atoms with Crippen LogP contribution < -0.4 is 11.1 Å². The van der Waals surface area contributed by atoms with Crippen LogP contribution in [-0.4, -0.2) is 11.9 Å². The Morgan fingerprint density at radius 2 is 2.27 bits per heavy atom. The number of carbonyl (C=O) groups is 1. The molecule has 80 valence electrons. The standard InChI is InChI=1S/C11H13FN2O/c12-8-2-1-7(6-13)10(5-8)11(15)14-9-3-4-9/h1-2,5,9H,3-4,6,13H2,(H,14,15). The molecular weight excluding hydrogens is 195 g/mol. The van der Waals surface area contributed by atoms with Crippen LogP contribution in [0.4, 0.5) is 4.39 Å². The van der Waals surface area contributed by atoms with Gasteiger partial charge in [0, 0.05) is 18.2 Å². The number of amides is 1. The summed E-state index contributed by atoms with van der Waals surface area (Å²) in [6.45, 7) is 0.244. The van der Waals surface area contributed by atoms with Gasteiger partial charge in [0.1, 0.15) is 5.82 Å². The summed E-state index contributed by atoms with van der Waals surface area (Å²) in [5.74, 6) is -0.634. The lowest BCUT2D eigenvalue weighted by atomic mass is 10.1. The molecule has 1 amide bonds. The first-order chi connectivity index (χ1) is 7.20. The van der Waals surface area contributed by atoms with Crippen molar-refractivity contribution in [3.8, 4) is 0 Å². The minimum absolute atomic E-state index is 0.225. The van der Waals surface area contributed by atoms with Gasteiger partial charge in [-0.25, -0.2) is 4.39 Å². The fraction of sp³-hybridized carbons (Fsp3) is 0.364. The van der Waals surface area contributed by atoms with Gasteiger partial charge in [-0.15, -0.1) is 0 Å². The molecule has 0 aromatic heterocycles. The zero-order valence-corrected chi connectivity index (χ0v) is 8.29. The van der Waals surface area contributed by atoms with Crippen LogP contribution >= 0.6 is 0 Å². The van der Waals surface area contributed by atoms with Crippen LogP contribution in [0.25, 0.3) is 0 Å². The van der Waals surface area contributed by atoms with Crippen LogP contribution in [-0.2, 0) is 6.54 Å². The summed E-state index contributed by atoms with van der Waals surface area (Å²) < 4.78 is 13.0. The van der Waals surface area contributed by atoms with E-state index < -0.39 is 5.82 Å². The molecule has 0 spiro atoms. The lowest BCUT2D eigenvalue weighted by Gasteiger charge is -2.08. The predicted octanol–water partition coefficient (Wildman–Crippen LogP) is 1.18. The molecule has 1 aliphatic carbocycles. The van der Waals surface area contributed by atoms with Crippen molar-refractivity contribution in [2.45, 2.75) is 25.4 Å². The minimum atomic E-state index is -0.409. The van der Waals surface area contributed by atoms with Gasteiger partial charge in [0.15, 0.2) is 0 Å². The quantitative estimate of drug-likeness (QED) is 0.783. The van der Waals surface area contributed by atoms with Gasteiger partial charge in [0.05, 0.1) is 0 Å². The van der Waals surface area contributed by atoms with Gasteiger partial charge in [-0.3, -0.25) is 4.79 Å². The molecule has 1 aliphatic rings. The first kappa shape index (κ1) is 10.1. The van der Waals surface area contributed by atoms with E-state index in [2.05, 4.69) is 5.32 Å². The number of hydrogen-bond acceptors (Lipinski definition) is 2. The highest BCUT2D eigenvalue weighted by Gasteiger charge is 2.24. The molecule has 0 atom stereocenters. The van der Waals surface area contributed by atoms with E-state index in [4.69, 9.17) is 5.73 Å². The van der Waals surface area contributed by atoms with E-state index in [1.54, 1.807) is 6.07 Å². The Bertz CT molecular complexity index is 388. The van der Waals surface area contributed by atoms with Crippen LogP contribution in [0.15, 0.2) is 18.2 Å². The summed E-state index contributed by atoms with van der Waals surface area (Å²) in [6.07, 6.45) is 2.03. The molecule has 1 saturated carbocycles. The molecule has 15 heavy (non-hydrogen) atoms. The average molecular weight is 208 g/mol. The molecule has 0 bridgehead atoms. The van der Waals surface area contributed by atoms with Crippen molar-refractivity contribution in [2.75, 3.05) is 0 Å². The monoisotopic (exact) mass is 208 g/mol. The third kappa shape index (κ3) is 2.33. The molecular formula is C11H13FN2O. The van der Waals surface area contributed by atoms with Crippen molar-refractivity contribution >= 4 is 5.91 Å². The first-order valence-electron chi connectivity index (χ1n) is 5.00. The number of rotatable bonds is 3. The third-order valence-corrected chi connectivity index (χ3v) is 2.45. The maximum Gasteiger partial charge on any atom is 0.251 e. The average Bonchev–Trinajstić information content (AvgIpc) is 3.01. The molecule has 1 fully saturated rings. The lowest BCUT2D eigenvalue weighted by molar-refractivity contribution is 0.0949. The molecule has 4 heteroatoms. The first-order valence-corrected chi connectivity index (χ1v) is 5.00. The van der Waals surface area contributed by atoms with Crippen molar-refractivity contribution < 1.29 is 9.18 Å². The van der Waals surface area contributed by atoms with Gasteiger partial charge in [-0.1, -0.05) is 6.07 Å². The Morgan fingerprint density at radius 3 is 2.87 bits per heavy atom. The summed E-state index contributed by atoms with van der Waals surface area (Å²) in [7, 11) is 0. The fourth-order valence-electron chi connectivity index (χ4n) is 1.43. The second-order valence-corrected chi connectivity index (χ2v) is 3.75. The van der Waals surface area contributed by atoms with Crippen LogP contribution in [0.2, 0.25) is 0 Å². The Hall–Kier alpha value is -1.42. The molecule has 0 saturated heterocycles.